The molecule has 3 heterocycles. The molecule has 176 valence electrons. The van der Waals surface area contributed by atoms with Gasteiger partial charge in [0.25, 0.3) is 5.91 Å². The highest BCUT2D eigenvalue weighted by Gasteiger charge is 2.53. The molecule has 6 rings (SSSR count). The van der Waals surface area contributed by atoms with E-state index in [2.05, 4.69) is 16.3 Å². The largest absolute Gasteiger partial charge is 0.326 e. The van der Waals surface area contributed by atoms with Crippen molar-refractivity contribution in [1.29, 1.82) is 0 Å². The number of urea groups is 1. The first kappa shape index (κ1) is 21.9. The molecule has 0 radical (unpaired) electrons. The Kier molecular flexibility index (Phi) is 5.59. The van der Waals surface area contributed by atoms with Crippen LogP contribution in [0.1, 0.15) is 35.0 Å². The third-order valence-electron chi connectivity index (χ3n) is 7.04. The maximum Gasteiger partial charge on any atom is 0.326 e. The number of fused-ring (bicyclic) bond motifs is 1. The van der Waals surface area contributed by atoms with Crippen molar-refractivity contribution in [3.63, 3.8) is 0 Å². The van der Waals surface area contributed by atoms with Gasteiger partial charge in [0.1, 0.15) is 5.01 Å². The van der Waals surface area contributed by atoms with Gasteiger partial charge in [-0.05, 0) is 36.1 Å². The molecule has 35 heavy (non-hydrogen) atoms. The highest BCUT2D eigenvalue weighted by molar-refractivity contribution is 7.18. The van der Waals surface area contributed by atoms with Gasteiger partial charge in [0.15, 0.2) is 5.54 Å². The summed E-state index contributed by atoms with van der Waals surface area (Å²) in [4.78, 5) is 35.8. The molecule has 2 atom stereocenters. The fraction of sp³-hybridized carbons (Fsp3) is 0.250. The fourth-order valence-corrected chi connectivity index (χ4v) is 6.42. The minimum absolute atomic E-state index is 0.105. The predicted molar refractivity (Wildman–Crippen MR) is 137 cm³/mol. The maximum absolute atomic E-state index is 14.0. The van der Waals surface area contributed by atoms with Gasteiger partial charge in [0.05, 0.1) is 22.9 Å². The maximum atomic E-state index is 14.0. The van der Waals surface area contributed by atoms with Crippen LogP contribution in [0.15, 0.2) is 84.9 Å². The summed E-state index contributed by atoms with van der Waals surface area (Å²) in [7, 11) is 0. The molecule has 3 aromatic carbocycles. The van der Waals surface area contributed by atoms with Crippen LogP contribution in [0.2, 0.25) is 0 Å². The highest BCUT2D eigenvalue weighted by atomic mass is 32.1. The Balaban J connectivity index is 1.30. The van der Waals surface area contributed by atoms with Crippen molar-refractivity contribution < 1.29 is 9.59 Å². The summed E-state index contributed by atoms with van der Waals surface area (Å²) in [5, 5.41) is 4.13. The van der Waals surface area contributed by atoms with E-state index in [1.807, 2.05) is 78.9 Å². The van der Waals surface area contributed by atoms with Crippen molar-refractivity contribution in [2.45, 2.75) is 30.8 Å². The van der Waals surface area contributed by atoms with E-state index >= 15 is 0 Å². The molecule has 2 aliphatic heterocycles. The normalized spacial score (nSPS) is 22.7. The van der Waals surface area contributed by atoms with E-state index in [4.69, 9.17) is 4.98 Å². The summed E-state index contributed by atoms with van der Waals surface area (Å²) in [6, 6.07) is 27.4. The average Bonchev–Trinajstić information content (AvgIpc) is 3.59. The number of amides is 3. The molecule has 7 heteroatoms. The van der Waals surface area contributed by atoms with Crippen LogP contribution >= 0.6 is 11.3 Å². The summed E-state index contributed by atoms with van der Waals surface area (Å²) in [6.07, 6.45) is 2.38. The molecule has 0 spiro atoms. The monoisotopic (exact) mass is 482 g/mol. The van der Waals surface area contributed by atoms with Crippen LogP contribution in [0.3, 0.4) is 0 Å². The van der Waals surface area contributed by atoms with E-state index in [0.717, 1.165) is 45.7 Å². The summed E-state index contributed by atoms with van der Waals surface area (Å²) < 4.78 is 1.16. The number of carbonyl (C=O) groups is 2. The van der Waals surface area contributed by atoms with E-state index < -0.39 is 5.54 Å². The van der Waals surface area contributed by atoms with Crippen LogP contribution < -0.4 is 5.32 Å². The molecule has 0 unspecified atom stereocenters. The number of imide groups is 1. The van der Waals surface area contributed by atoms with Crippen molar-refractivity contribution in [2.75, 3.05) is 13.2 Å². The molecule has 1 N–H and O–H groups in total. The quantitative estimate of drug-likeness (QED) is 0.389. The van der Waals surface area contributed by atoms with E-state index in [0.29, 0.717) is 6.42 Å². The van der Waals surface area contributed by atoms with Gasteiger partial charge in [0, 0.05) is 13.0 Å². The number of thiazole rings is 1. The Morgan fingerprint density at radius 3 is 2.43 bits per heavy atom. The predicted octanol–water partition coefficient (Wildman–Crippen LogP) is 5.08. The minimum Gasteiger partial charge on any atom is -0.319 e. The first-order chi connectivity index (χ1) is 17.1. The Hall–Kier alpha value is -3.55. The van der Waals surface area contributed by atoms with Crippen LogP contribution in [-0.4, -0.2) is 39.9 Å². The van der Waals surface area contributed by atoms with E-state index in [1.165, 1.54) is 4.90 Å². The Morgan fingerprint density at radius 1 is 0.943 bits per heavy atom. The minimum atomic E-state index is -1.12. The van der Waals surface area contributed by atoms with Gasteiger partial charge in [-0.2, -0.15) is 0 Å². The van der Waals surface area contributed by atoms with Crippen LogP contribution in [0, 0.1) is 0 Å². The second-order valence-corrected chi connectivity index (χ2v) is 10.3. The second kappa shape index (κ2) is 8.91. The van der Waals surface area contributed by atoms with Crippen molar-refractivity contribution in [2.24, 2.45) is 0 Å². The molecular weight excluding hydrogens is 456 g/mol. The Bertz CT molecular complexity index is 1340. The molecular formula is C28H26N4O2S. The molecule has 2 saturated heterocycles. The number of benzene rings is 3. The fourth-order valence-electron chi connectivity index (χ4n) is 5.29. The number of para-hydroxylation sites is 1. The molecule has 3 amide bonds. The van der Waals surface area contributed by atoms with Crippen LogP contribution in [0.5, 0.6) is 0 Å². The lowest BCUT2D eigenvalue weighted by Crippen LogP contribution is -2.47. The van der Waals surface area contributed by atoms with Crippen LogP contribution in [0.4, 0.5) is 4.79 Å². The second-order valence-electron chi connectivity index (χ2n) is 9.23. The summed E-state index contributed by atoms with van der Waals surface area (Å²) in [6.45, 7) is 1.09. The molecule has 0 bridgehead atoms. The third-order valence-corrected chi connectivity index (χ3v) is 8.17. The number of rotatable bonds is 6. The van der Waals surface area contributed by atoms with Gasteiger partial charge in [-0.3, -0.25) is 9.69 Å². The Morgan fingerprint density at radius 2 is 1.66 bits per heavy atom. The number of aromatic nitrogens is 1. The number of hydrogen-bond acceptors (Lipinski definition) is 5. The van der Waals surface area contributed by atoms with Crippen molar-refractivity contribution in [3.05, 3.63) is 101 Å². The van der Waals surface area contributed by atoms with Gasteiger partial charge in [-0.1, -0.05) is 72.8 Å². The van der Waals surface area contributed by atoms with Gasteiger partial charge in [-0.25, -0.2) is 14.7 Å². The number of carbonyl (C=O) groups excluding carboxylic acids is 2. The van der Waals surface area contributed by atoms with Crippen LogP contribution in [0.25, 0.3) is 10.2 Å². The lowest BCUT2D eigenvalue weighted by Gasteiger charge is -2.29. The van der Waals surface area contributed by atoms with Gasteiger partial charge in [-0.15, -0.1) is 11.3 Å². The van der Waals surface area contributed by atoms with Crippen LogP contribution in [-0.2, 0) is 16.8 Å². The zero-order chi connectivity index (χ0) is 23.8. The lowest BCUT2D eigenvalue weighted by atomic mass is 9.83. The summed E-state index contributed by atoms with van der Waals surface area (Å²) >= 11 is 1.70. The lowest BCUT2D eigenvalue weighted by molar-refractivity contribution is -0.133. The first-order valence-electron chi connectivity index (χ1n) is 12.0. The summed E-state index contributed by atoms with van der Waals surface area (Å²) in [5.41, 5.74) is 1.68. The topological polar surface area (TPSA) is 65.5 Å². The zero-order valence-electron chi connectivity index (χ0n) is 19.3. The zero-order valence-corrected chi connectivity index (χ0v) is 20.1. The first-order valence-corrected chi connectivity index (χ1v) is 12.8. The van der Waals surface area contributed by atoms with E-state index in [1.54, 1.807) is 11.3 Å². The number of nitrogens with one attached hydrogen (secondary N) is 1. The number of hydrogen-bond donors (Lipinski definition) is 1. The van der Waals surface area contributed by atoms with Gasteiger partial charge < -0.3 is 5.32 Å². The number of likely N-dealkylation sites (tertiary alicyclic amines) is 1. The molecule has 6 nitrogen and oxygen atoms in total. The molecule has 2 fully saturated rings. The molecule has 4 aromatic rings. The summed E-state index contributed by atoms with van der Waals surface area (Å²) in [5.74, 6) is -0.201. The van der Waals surface area contributed by atoms with E-state index in [-0.39, 0.29) is 24.6 Å². The standard InChI is InChI=1S/C28H26N4O2S/c33-26-28(21-12-5-2-6-13-21,18-20-10-3-1-4-11-20)30-27(34)32(26)19-31-17-9-15-23(31)25-29-22-14-7-8-16-24(22)35-25/h1-8,10-14,16,23H,9,15,17-19H2,(H,30,34)/t23-,28-/m1/s1. The smallest absolute Gasteiger partial charge is 0.319 e. The van der Waals surface area contributed by atoms with Gasteiger partial charge in [0.2, 0.25) is 0 Å². The highest BCUT2D eigenvalue weighted by Crippen LogP contribution is 2.38. The van der Waals surface area contributed by atoms with Crippen molar-refractivity contribution in [1.82, 2.24) is 20.1 Å². The Labute approximate surface area is 208 Å². The molecule has 2 aliphatic rings. The van der Waals surface area contributed by atoms with E-state index in [9.17, 15) is 9.59 Å². The molecule has 1 aromatic heterocycles. The molecule has 0 saturated carbocycles. The van der Waals surface area contributed by atoms with Crippen molar-refractivity contribution >= 4 is 33.5 Å². The average molecular weight is 483 g/mol. The van der Waals surface area contributed by atoms with Gasteiger partial charge >= 0.3 is 6.03 Å². The SMILES string of the molecule is O=C1N[C@](Cc2ccccc2)(c2ccccc2)C(=O)N1CN1CCC[C@@H]1c1nc2ccccc2s1. The van der Waals surface area contributed by atoms with Crippen molar-refractivity contribution in [3.8, 4) is 0 Å². The molecule has 0 aliphatic carbocycles. The number of nitrogens with zero attached hydrogens (tertiary/aromatic N) is 3. The third kappa shape index (κ3) is 3.90.